The first-order chi connectivity index (χ1) is 17.1. The molecule has 4 rings (SSSR count). The molecule has 1 atom stereocenters. The van der Waals surface area contributed by atoms with Gasteiger partial charge in [-0.05, 0) is 74.9 Å². The first-order valence-electron chi connectivity index (χ1n) is 11.6. The number of ketones is 1. The van der Waals surface area contributed by atoms with Gasteiger partial charge in [0, 0.05) is 20.9 Å². The largest absolute Gasteiger partial charge is 0.387 e. The van der Waals surface area contributed by atoms with Gasteiger partial charge in [0.1, 0.15) is 4.75 Å². The number of aryl methyl sites for hydroxylation is 1. The molecule has 0 aliphatic heterocycles. The normalized spacial score (nSPS) is 12.8. The molecule has 0 spiro atoms. The Bertz CT molecular complexity index is 1440. The minimum Gasteiger partial charge on any atom is -0.387 e. The van der Waals surface area contributed by atoms with E-state index in [0.29, 0.717) is 16.7 Å². The highest BCUT2D eigenvalue weighted by Crippen LogP contribution is 2.38. The van der Waals surface area contributed by atoms with Crippen LogP contribution in [0.25, 0.3) is 0 Å². The van der Waals surface area contributed by atoms with Gasteiger partial charge in [-0.1, -0.05) is 71.9 Å². The van der Waals surface area contributed by atoms with Gasteiger partial charge in [-0.3, -0.25) is 4.79 Å². The summed E-state index contributed by atoms with van der Waals surface area (Å²) < 4.78 is 25.1. The Morgan fingerprint density at radius 3 is 1.81 bits per heavy atom. The van der Waals surface area contributed by atoms with Crippen LogP contribution in [0.15, 0.2) is 118 Å². The van der Waals surface area contributed by atoms with E-state index in [2.05, 4.69) is 0 Å². The zero-order valence-electron chi connectivity index (χ0n) is 20.4. The van der Waals surface area contributed by atoms with E-state index in [-0.39, 0.29) is 10.7 Å². The van der Waals surface area contributed by atoms with Gasteiger partial charge in [0.25, 0.3) is 0 Å². The Labute approximate surface area is 216 Å². The van der Waals surface area contributed by atoms with E-state index in [0.717, 1.165) is 15.4 Å². The van der Waals surface area contributed by atoms with Crippen molar-refractivity contribution in [3.8, 4) is 0 Å². The van der Waals surface area contributed by atoms with Crippen molar-refractivity contribution in [1.82, 2.24) is 0 Å². The summed E-state index contributed by atoms with van der Waals surface area (Å²) in [4.78, 5) is 14.7. The standard InChI is InChI=1S/C30H28O4S2/c1-21-9-19-27(20-10-21)36(33,34)30(2,3)29(32)24-13-17-26(18-14-24)35-25-15-11-23(12-16-25)28(31)22-7-5-4-6-8-22/h4-20,29,32H,1-3H3. The van der Waals surface area contributed by atoms with Crippen molar-refractivity contribution in [2.24, 2.45) is 0 Å². The molecule has 0 saturated carbocycles. The molecule has 0 aromatic heterocycles. The Morgan fingerprint density at radius 2 is 1.25 bits per heavy atom. The minimum absolute atomic E-state index is 0.0197. The second kappa shape index (κ2) is 10.4. The van der Waals surface area contributed by atoms with E-state index in [1.165, 1.54) is 11.8 Å². The lowest BCUT2D eigenvalue weighted by Gasteiger charge is -2.30. The van der Waals surface area contributed by atoms with Crippen LogP contribution >= 0.6 is 11.8 Å². The number of aliphatic hydroxyl groups excluding tert-OH is 1. The van der Waals surface area contributed by atoms with Crippen LogP contribution in [-0.2, 0) is 9.84 Å². The van der Waals surface area contributed by atoms with Crippen LogP contribution in [0.2, 0.25) is 0 Å². The van der Waals surface area contributed by atoms with Crippen LogP contribution in [0.4, 0.5) is 0 Å². The highest BCUT2D eigenvalue weighted by atomic mass is 32.2. The van der Waals surface area contributed by atoms with Gasteiger partial charge in [-0.25, -0.2) is 8.42 Å². The zero-order chi connectivity index (χ0) is 25.9. The van der Waals surface area contributed by atoms with Crippen molar-refractivity contribution in [2.75, 3.05) is 0 Å². The number of sulfone groups is 1. The third-order valence-electron chi connectivity index (χ3n) is 6.27. The maximum absolute atomic E-state index is 13.3. The van der Waals surface area contributed by atoms with Crippen molar-refractivity contribution in [2.45, 2.75) is 46.3 Å². The molecule has 0 saturated heterocycles. The van der Waals surface area contributed by atoms with E-state index < -0.39 is 20.7 Å². The first-order valence-corrected chi connectivity index (χ1v) is 13.9. The average molecular weight is 517 g/mol. The van der Waals surface area contributed by atoms with Crippen LogP contribution in [0, 0.1) is 6.92 Å². The lowest BCUT2D eigenvalue weighted by atomic mass is 9.98. The third-order valence-corrected chi connectivity index (χ3v) is 9.78. The Balaban J connectivity index is 1.47. The maximum atomic E-state index is 13.3. The number of benzene rings is 4. The van der Waals surface area contributed by atoms with Crippen molar-refractivity contribution in [1.29, 1.82) is 0 Å². The molecular formula is C30H28O4S2. The van der Waals surface area contributed by atoms with E-state index in [1.54, 1.807) is 62.4 Å². The van der Waals surface area contributed by atoms with Gasteiger partial charge >= 0.3 is 0 Å². The molecular weight excluding hydrogens is 488 g/mol. The van der Waals surface area contributed by atoms with E-state index in [9.17, 15) is 18.3 Å². The highest BCUT2D eigenvalue weighted by Gasteiger charge is 2.42. The molecule has 0 amide bonds. The minimum atomic E-state index is -3.78. The zero-order valence-corrected chi connectivity index (χ0v) is 22.0. The van der Waals surface area contributed by atoms with Crippen molar-refractivity contribution < 1.29 is 18.3 Å². The molecule has 1 unspecified atom stereocenters. The summed E-state index contributed by atoms with van der Waals surface area (Å²) in [5, 5.41) is 11.0. The molecule has 4 aromatic rings. The van der Waals surface area contributed by atoms with Crippen molar-refractivity contribution in [3.05, 3.63) is 125 Å². The van der Waals surface area contributed by atoms with Gasteiger partial charge in [0.05, 0.1) is 11.0 Å². The summed E-state index contributed by atoms with van der Waals surface area (Å²) in [6.07, 6.45) is -1.20. The average Bonchev–Trinajstić information content (AvgIpc) is 2.89. The molecule has 0 fully saturated rings. The Morgan fingerprint density at radius 1 is 0.750 bits per heavy atom. The third kappa shape index (κ3) is 5.31. The Hall–Kier alpha value is -3.19. The molecule has 0 radical (unpaired) electrons. The lowest BCUT2D eigenvalue weighted by Crippen LogP contribution is -2.38. The van der Waals surface area contributed by atoms with Gasteiger partial charge in [-0.2, -0.15) is 0 Å². The fraction of sp³-hybridized carbons (Fsp3) is 0.167. The SMILES string of the molecule is Cc1ccc(S(=O)(=O)C(C)(C)C(O)c2ccc(Sc3ccc(C(=O)c4ccccc4)cc3)cc2)cc1. The summed E-state index contributed by atoms with van der Waals surface area (Å²) in [5.41, 5.74) is 2.78. The van der Waals surface area contributed by atoms with E-state index in [1.807, 2.05) is 61.5 Å². The van der Waals surface area contributed by atoms with Crippen LogP contribution in [0.1, 0.15) is 47.0 Å². The number of carbonyl (C=O) groups excluding carboxylic acids is 1. The number of hydrogen-bond donors (Lipinski definition) is 1. The smallest absolute Gasteiger partial charge is 0.193 e. The molecule has 0 aliphatic carbocycles. The molecule has 0 bridgehead atoms. The molecule has 4 aromatic carbocycles. The topological polar surface area (TPSA) is 71.4 Å². The van der Waals surface area contributed by atoms with E-state index >= 15 is 0 Å². The summed E-state index contributed by atoms with van der Waals surface area (Å²) in [7, 11) is -3.78. The second-order valence-corrected chi connectivity index (χ2v) is 12.9. The summed E-state index contributed by atoms with van der Waals surface area (Å²) in [5.74, 6) is -0.0197. The predicted molar refractivity (Wildman–Crippen MR) is 144 cm³/mol. The highest BCUT2D eigenvalue weighted by molar-refractivity contribution is 7.99. The van der Waals surface area contributed by atoms with Gasteiger partial charge in [0.15, 0.2) is 15.6 Å². The predicted octanol–water partition coefficient (Wildman–Crippen LogP) is 6.66. The molecule has 184 valence electrons. The summed E-state index contributed by atoms with van der Waals surface area (Å²) >= 11 is 1.52. The summed E-state index contributed by atoms with van der Waals surface area (Å²) in [6, 6.07) is 30.5. The van der Waals surface area contributed by atoms with Crippen LogP contribution in [-0.4, -0.2) is 24.1 Å². The molecule has 36 heavy (non-hydrogen) atoms. The number of aliphatic hydroxyl groups is 1. The molecule has 0 aliphatic rings. The number of carbonyl (C=O) groups is 1. The van der Waals surface area contributed by atoms with Crippen LogP contribution in [0.3, 0.4) is 0 Å². The van der Waals surface area contributed by atoms with Gasteiger partial charge in [0.2, 0.25) is 0 Å². The maximum Gasteiger partial charge on any atom is 0.193 e. The fourth-order valence-corrected chi connectivity index (χ4v) is 6.20. The van der Waals surface area contributed by atoms with E-state index in [4.69, 9.17) is 0 Å². The first kappa shape index (κ1) is 25.9. The number of rotatable bonds is 8. The monoisotopic (exact) mass is 516 g/mol. The summed E-state index contributed by atoms with van der Waals surface area (Å²) in [6.45, 7) is 5.00. The van der Waals surface area contributed by atoms with Gasteiger partial charge in [-0.15, -0.1) is 0 Å². The number of hydrogen-bond acceptors (Lipinski definition) is 5. The Kier molecular flexibility index (Phi) is 7.50. The molecule has 4 nitrogen and oxygen atoms in total. The molecule has 1 N–H and O–H groups in total. The van der Waals surface area contributed by atoms with Crippen molar-refractivity contribution in [3.63, 3.8) is 0 Å². The molecule has 6 heteroatoms. The van der Waals surface area contributed by atoms with Crippen LogP contribution < -0.4 is 0 Å². The van der Waals surface area contributed by atoms with Crippen molar-refractivity contribution >= 4 is 27.4 Å². The fourth-order valence-electron chi connectivity index (χ4n) is 3.85. The second-order valence-electron chi connectivity index (χ2n) is 9.21. The molecule has 0 heterocycles. The quantitative estimate of drug-likeness (QED) is 0.265. The van der Waals surface area contributed by atoms with Gasteiger partial charge < -0.3 is 5.11 Å². The lowest BCUT2D eigenvalue weighted by molar-refractivity contribution is 0.103. The van der Waals surface area contributed by atoms with Crippen LogP contribution in [0.5, 0.6) is 0 Å².